The van der Waals surface area contributed by atoms with E-state index in [0.29, 0.717) is 39.6 Å². The van der Waals surface area contributed by atoms with Gasteiger partial charge >= 0.3 is 0 Å². The molecule has 0 heterocycles. The van der Waals surface area contributed by atoms with Gasteiger partial charge in [0.1, 0.15) is 12.2 Å². The van der Waals surface area contributed by atoms with E-state index in [-0.39, 0.29) is 18.3 Å². The lowest BCUT2D eigenvalue weighted by molar-refractivity contribution is -0.0817. The number of hydrogen-bond acceptors (Lipinski definition) is 7. The molecule has 0 rings (SSSR count). The lowest BCUT2D eigenvalue weighted by atomic mass is 10.3. The molecule has 2 N–H and O–H groups in total. The van der Waals surface area contributed by atoms with Gasteiger partial charge in [0.2, 0.25) is 0 Å². The molecule has 7 nitrogen and oxygen atoms in total. The Kier molecular flexibility index (Phi) is 13.5. The Morgan fingerprint density at radius 1 is 0.650 bits per heavy atom. The molecule has 0 aromatic carbocycles. The molecule has 0 aliphatic rings. The van der Waals surface area contributed by atoms with Crippen molar-refractivity contribution < 1.29 is 28.4 Å². The van der Waals surface area contributed by atoms with E-state index in [4.69, 9.17) is 34.2 Å². The van der Waals surface area contributed by atoms with E-state index in [2.05, 4.69) is 0 Å². The van der Waals surface area contributed by atoms with E-state index in [0.717, 1.165) is 0 Å². The third kappa shape index (κ3) is 9.60. The number of nitrogens with two attached hydrogens (primary N) is 1. The van der Waals surface area contributed by atoms with Crippen molar-refractivity contribution in [2.24, 2.45) is 5.73 Å². The summed E-state index contributed by atoms with van der Waals surface area (Å²) in [5.41, 5.74) is 5.50. The molecule has 3 unspecified atom stereocenters. The fourth-order valence-electron chi connectivity index (χ4n) is 1.45. The van der Waals surface area contributed by atoms with Gasteiger partial charge in [0.15, 0.2) is 0 Å². The van der Waals surface area contributed by atoms with Crippen LogP contribution in [0, 0.1) is 0 Å². The van der Waals surface area contributed by atoms with Gasteiger partial charge in [-0.3, -0.25) is 0 Å². The monoisotopic (exact) mass is 295 g/mol. The van der Waals surface area contributed by atoms with Crippen molar-refractivity contribution in [1.82, 2.24) is 0 Å². The van der Waals surface area contributed by atoms with E-state index in [1.165, 1.54) is 0 Å². The molecule has 0 saturated carbocycles. The molecule has 3 atom stereocenters. The third-order valence-corrected chi connectivity index (χ3v) is 2.83. The maximum atomic E-state index is 5.54. The van der Waals surface area contributed by atoms with Gasteiger partial charge < -0.3 is 34.2 Å². The van der Waals surface area contributed by atoms with Crippen LogP contribution in [0.1, 0.15) is 0 Å². The number of rotatable bonds is 14. The smallest absolute Gasteiger partial charge is 0.104 e. The first kappa shape index (κ1) is 19.7. The van der Waals surface area contributed by atoms with Gasteiger partial charge in [-0.2, -0.15) is 0 Å². The van der Waals surface area contributed by atoms with Crippen molar-refractivity contribution in [2.45, 2.75) is 18.3 Å². The molecular formula is C13H29NO6. The van der Waals surface area contributed by atoms with E-state index in [1.807, 2.05) is 0 Å². The summed E-state index contributed by atoms with van der Waals surface area (Å²) in [5.74, 6) is 0. The summed E-state index contributed by atoms with van der Waals surface area (Å²) in [6.07, 6.45) is -0.299. The molecule has 0 aliphatic heterocycles. The lowest BCUT2D eigenvalue weighted by Crippen LogP contribution is -2.32. The van der Waals surface area contributed by atoms with E-state index < -0.39 is 0 Å². The maximum absolute atomic E-state index is 5.54. The fourth-order valence-corrected chi connectivity index (χ4v) is 1.45. The topological polar surface area (TPSA) is 81.4 Å². The van der Waals surface area contributed by atoms with Crippen molar-refractivity contribution in [3.05, 3.63) is 0 Å². The molecule has 0 radical (unpaired) electrons. The Labute approximate surface area is 121 Å². The van der Waals surface area contributed by atoms with Crippen LogP contribution in [0.15, 0.2) is 0 Å². The van der Waals surface area contributed by atoms with Crippen molar-refractivity contribution in [2.75, 3.05) is 68.0 Å². The zero-order valence-electron chi connectivity index (χ0n) is 13.0. The fraction of sp³-hybridized carbons (Fsp3) is 1.00. The Balaban J connectivity index is 3.75. The predicted molar refractivity (Wildman–Crippen MR) is 75.0 cm³/mol. The molecule has 122 valence electrons. The van der Waals surface area contributed by atoms with Crippen LogP contribution in [0.5, 0.6) is 0 Å². The third-order valence-electron chi connectivity index (χ3n) is 2.83. The highest BCUT2D eigenvalue weighted by Gasteiger charge is 2.13. The van der Waals surface area contributed by atoms with Crippen molar-refractivity contribution in [1.29, 1.82) is 0 Å². The van der Waals surface area contributed by atoms with Crippen LogP contribution < -0.4 is 5.73 Å². The van der Waals surface area contributed by atoms with Gasteiger partial charge in [0, 0.05) is 35.0 Å². The Morgan fingerprint density at radius 2 is 1.05 bits per heavy atom. The molecule has 0 aromatic heterocycles. The normalized spacial score (nSPS) is 16.1. The molecule has 0 aliphatic carbocycles. The van der Waals surface area contributed by atoms with E-state index in [1.54, 1.807) is 28.4 Å². The van der Waals surface area contributed by atoms with Crippen molar-refractivity contribution in [3.63, 3.8) is 0 Å². The summed E-state index contributed by atoms with van der Waals surface area (Å²) in [5, 5.41) is 0. The highest BCUT2D eigenvalue weighted by atomic mass is 16.6. The Bertz CT molecular complexity index is 203. The van der Waals surface area contributed by atoms with Crippen LogP contribution >= 0.6 is 0 Å². The molecule has 0 aromatic rings. The number of ether oxygens (including phenoxy) is 6. The van der Waals surface area contributed by atoms with Gasteiger partial charge in [0.25, 0.3) is 0 Å². The van der Waals surface area contributed by atoms with Crippen molar-refractivity contribution >= 4 is 0 Å². The molecule has 0 fully saturated rings. The van der Waals surface area contributed by atoms with Gasteiger partial charge in [0.05, 0.1) is 39.1 Å². The highest BCUT2D eigenvalue weighted by molar-refractivity contribution is 4.60. The second-order valence-corrected chi connectivity index (χ2v) is 4.34. The van der Waals surface area contributed by atoms with Gasteiger partial charge in [-0.05, 0) is 0 Å². The van der Waals surface area contributed by atoms with Crippen LogP contribution in [-0.4, -0.2) is 86.3 Å². The second kappa shape index (κ2) is 13.7. The Hall–Kier alpha value is -0.280. The van der Waals surface area contributed by atoms with Crippen LogP contribution in [0.25, 0.3) is 0 Å². The summed E-state index contributed by atoms with van der Waals surface area (Å²) >= 11 is 0. The predicted octanol–water partition coefficient (Wildman–Crippen LogP) is -0.330. The van der Waals surface area contributed by atoms with E-state index in [9.17, 15) is 0 Å². The second-order valence-electron chi connectivity index (χ2n) is 4.34. The van der Waals surface area contributed by atoms with Crippen LogP contribution in [0.2, 0.25) is 0 Å². The summed E-state index contributed by atoms with van der Waals surface area (Å²) < 4.78 is 31.6. The van der Waals surface area contributed by atoms with Gasteiger partial charge in [-0.25, -0.2) is 0 Å². The van der Waals surface area contributed by atoms with Crippen LogP contribution in [0.4, 0.5) is 0 Å². The minimum Gasteiger partial charge on any atom is -0.382 e. The van der Waals surface area contributed by atoms with Gasteiger partial charge in [-0.15, -0.1) is 0 Å². The average Bonchev–Trinajstić information content (AvgIpc) is 2.48. The van der Waals surface area contributed by atoms with Crippen LogP contribution in [-0.2, 0) is 28.4 Å². The standard InChI is InChI=1S/C13H29NO6/c1-15-6-12(17-3)8-20-10-13(18-4)9-19-7-11(5-14)16-2/h11-13H,5-10,14H2,1-4H3. The summed E-state index contributed by atoms with van der Waals surface area (Å²) in [4.78, 5) is 0. The summed E-state index contributed by atoms with van der Waals surface area (Å²) in [6.45, 7) is 2.68. The molecule has 0 amide bonds. The molecule has 0 saturated heterocycles. The Morgan fingerprint density at radius 3 is 1.40 bits per heavy atom. The lowest BCUT2D eigenvalue weighted by Gasteiger charge is -2.20. The molecule has 7 heteroatoms. The minimum atomic E-state index is -0.134. The SMILES string of the molecule is COCC(COCC(COCC(CN)OC)OC)OC. The average molecular weight is 295 g/mol. The zero-order chi connectivity index (χ0) is 15.2. The molecular weight excluding hydrogens is 266 g/mol. The first-order chi connectivity index (χ1) is 9.71. The quantitative estimate of drug-likeness (QED) is 0.470. The molecule has 20 heavy (non-hydrogen) atoms. The van der Waals surface area contributed by atoms with Crippen molar-refractivity contribution in [3.8, 4) is 0 Å². The minimum absolute atomic E-state index is 0.0754. The highest BCUT2D eigenvalue weighted by Crippen LogP contribution is 1.98. The molecule has 0 spiro atoms. The largest absolute Gasteiger partial charge is 0.382 e. The van der Waals surface area contributed by atoms with E-state index >= 15 is 0 Å². The van der Waals surface area contributed by atoms with Crippen LogP contribution in [0.3, 0.4) is 0 Å². The van der Waals surface area contributed by atoms with Gasteiger partial charge in [-0.1, -0.05) is 0 Å². The number of hydrogen-bond donors (Lipinski definition) is 1. The number of methoxy groups -OCH3 is 4. The summed E-state index contributed by atoms with van der Waals surface area (Å²) in [7, 11) is 6.48. The first-order valence-corrected chi connectivity index (χ1v) is 6.64. The first-order valence-electron chi connectivity index (χ1n) is 6.64. The zero-order valence-corrected chi connectivity index (χ0v) is 13.0. The molecule has 0 bridgehead atoms. The maximum Gasteiger partial charge on any atom is 0.104 e. The summed E-state index contributed by atoms with van der Waals surface area (Å²) in [6, 6.07) is 0.